The Morgan fingerprint density at radius 1 is 1.19 bits per heavy atom. The fourth-order valence-electron chi connectivity index (χ4n) is 2.07. The van der Waals surface area contributed by atoms with Gasteiger partial charge in [0.25, 0.3) is 0 Å². The Hall–Kier alpha value is -1.38. The van der Waals surface area contributed by atoms with Gasteiger partial charge in [-0.15, -0.1) is 0 Å². The maximum absolute atomic E-state index is 12.5. The maximum Gasteiger partial charge on any atom is 0.412 e. The van der Waals surface area contributed by atoms with Crippen molar-refractivity contribution < 1.29 is 21.6 Å². The third-order valence-electron chi connectivity index (χ3n) is 3.33. The first-order chi connectivity index (χ1) is 9.75. The van der Waals surface area contributed by atoms with E-state index in [0.29, 0.717) is 6.54 Å². The summed E-state index contributed by atoms with van der Waals surface area (Å²) in [6.45, 7) is -0.149. The van der Waals surface area contributed by atoms with Crippen molar-refractivity contribution in [3.8, 4) is 0 Å². The van der Waals surface area contributed by atoms with Crippen molar-refractivity contribution in [2.45, 2.75) is 24.0 Å². The molecule has 0 unspecified atom stereocenters. The van der Waals surface area contributed by atoms with E-state index in [4.69, 9.17) is 5.73 Å². The zero-order valence-electron chi connectivity index (χ0n) is 11.1. The Balaban J connectivity index is 2.20. The summed E-state index contributed by atoms with van der Waals surface area (Å²) in [5.74, 6) is 0. The molecule has 1 aliphatic rings. The molecule has 4 nitrogen and oxygen atoms in total. The number of hydrogen-bond donors (Lipinski definition) is 1. The molecule has 0 bridgehead atoms. The van der Waals surface area contributed by atoms with E-state index >= 15 is 0 Å². The van der Waals surface area contributed by atoms with E-state index in [-0.39, 0.29) is 24.4 Å². The number of hydrogen-bond acceptors (Lipinski definition) is 3. The number of alkyl halides is 3. The van der Waals surface area contributed by atoms with Gasteiger partial charge in [-0.2, -0.15) is 17.5 Å². The molecule has 116 valence electrons. The minimum Gasteiger partial charge on any atom is -0.326 e. The zero-order chi connectivity index (χ0) is 15.7. The Kier molecular flexibility index (Phi) is 4.40. The van der Waals surface area contributed by atoms with Gasteiger partial charge in [0.2, 0.25) is 10.0 Å². The standard InChI is InChI=1S/C13H15F3N2O2S/c14-13(15,16)11-5-7-18(8-6-11)21(19,20)12-3-1-10(9-17)2-4-12/h1-5H,6-9,17H2. The van der Waals surface area contributed by atoms with Gasteiger partial charge in [-0.1, -0.05) is 18.2 Å². The van der Waals surface area contributed by atoms with Crippen LogP contribution in [0, 0.1) is 0 Å². The Bertz CT molecular complexity index is 636. The average Bonchev–Trinajstić information content (AvgIpc) is 2.46. The van der Waals surface area contributed by atoms with Crippen LogP contribution in [0.4, 0.5) is 13.2 Å². The first-order valence-electron chi connectivity index (χ1n) is 6.30. The van der Waals surface area contributed by atoms with Gasteiger partial charge in [0.15, 0.2) is 0 Å². The van der Waals surface area contributed by atoms with E-state index in [1.54, 1.807) is 12.1 Å². The summed E-state index contributed by atoms with van der Waals surface area (Å²) in [4.78, 5) is 0.0589. The van der Waals surface area contributed by atoms with Crippen molar-refractivity contribution in [3.05, 3.63) is 41.5 Å². The normalized spacial score (nSPS) is 17.6. The van der Waals surface area contributed by atoms with Gasteiger partial charge in [-0.25, -0.2) is 8.42 Å². The fraction of sp³-hybridized carbons (Fsp3) is 0.385. The lowest BCUT2D eigenvalue weighted by atomic mass is 10.1. The van der Waals surface area contributed by atoms with Crippen LogP contribution < -0.4 is 5.73 Å². The Labute approximate surface area is 121 Å². The van der Waals surface area contributed by atoms with E-state index in [2.05, 4.69) is 0 Å². The lowest BCUT2D eigenvalue weighted by molar-refractivity contribution is -0.0953. The highest BCUT2D eigenvalue weighted by atomic mass is 32.2. The van der Waals surface area contributed by atoms with Gasteiger partial charge in [-0.3, -0.25) is 0 Å². The highest BCUT2D eigenvalue weighted by Gasteiger charge is 2.37. The van der Waals surface area contributed by atoms with Crippen molar-refractivity contribution in [2.75, 3.05) is 13.1 Å². The van der Waals surface area contributed by atoms with Crippen LogP contribution in [0.2, 0.25) is 0 Å². The predicted octanol–water partition coefficient (Wildman–Crippen LogP) is 2.03. The van der Waals surface area contributed by atoms with Gasteiger partial charge < -0.3 is 5.73 Å². The molecule has 0 aliphatic carbocycles. The number of nitrogens with two attached hydrogens (primary N) is 1. The molecule has 0 saturated carbocycles. The van der Waals surface area contributed by atoms with E-state index in [9.17, 15) is 21.6 Å². The minimum atomic E-state index is -4.39. The molecule has 1 aromatic carbocycles. The van der Waals surface area contributed by atoms with E-state index in [1.165, 1.54) is 12.1 Å². The molecular formula is C13H15F3N2O2S. The number of nitrogens with zero attached hydrogens (tertiary/aromatic N) is 1. The van der Waals surface area contributed by atoms with Crippen LogP contribution in [0.15, 0.2) is 40.8 Å². The molecule has 0 aromatic heterocycles. The first-order valence-corrected chi connectivity index (χ1v) is 7.74. The summed E-state index contributed by atoms with van der Waals surface area (Å²) in [6, 6.07) is 6.02. The van der Waals surface area contributed by atoms with Gasteiger partial charge in [-0.05, 0) is 24.1 Å². The summed E-state index contributed by atoms with van der Waals surface area (Å²) in [5.41, 5.74) is 5.54. The van der Waals surface area contributed by atoms with Gasteiger partial charge in [0, 0.05) is 25.2 Å². The second-order valence-corrected chi connectivity index (χ2v) is 6.63. The molecule has 0 spiro atoms. The van der Waals surface area contributed by atoms with Crippen LogP contribution in [-0.2, 0) is 16.6 Å². The highest BCUT2D eigenvalue weighted by molar-refractivity contribution is 7.89. The number of sulfonamides is 1. The third-order valence-corrected chi connectivity index (χ3v) is 5.21. The van der Waals surface area contributed by atoms with Crippen molar-refractivity contribution in [3.63, 3.8) is 0 Å². The lowest BCUT2D eigenvalue weighted by Crippen LogP contribution is -2.36. The third kappa shape index (κ3) is 3.45. The number of halogens is 3. The van der Waals surface area contributed by atoms with Crippen LogP contribution in [0.3, 0.4) is 0 Å². The topological polar surface area (TPSA) is 63.4 Å². The van der Waals surface area contributed by atoms with Crippen molar-refractivity contribution in [1.82, 2.24) is 4.31 Å². The quantitative estimate of drug-likeness (QED) is 0.867. The smallest absolute Gasteiger partial charge is 0.326 e. The Morgan fingerprint density at radius 3 is 2.24 bits per heavy atom. The van der Waals surface area contributed by atoms with E-state index in [0.717, 1.165) is 15.9 Å². The molecule has 0 saturated heterocycles. The molecule has 21 heavy (non-hydrogen) atoms. The molecule has 0 atom stereocenters. The van der Waals surface area contributed by atoms with Crippen LogP contribution in [0.25, 0.3) is 0 Å². The van der Waals surface area contributed by atoms with E-state index in [1.807, 2.05) is 0 Å². The number of benzene rings is 1. The molecule has 2 N–H and O–H groups in total. The summed E-state index contributed by atoms with van der Waals surface area (Å²) in [6.07, 6.45) is -3.79. The van der Waals surface area contributed by atoms with Crippen molar-refractivity contribution >= 4 is 10.0 Å². The van der Waals surface area contributed by atoms with Gasteiger partial charge in [0.1, 0.15) is 0 Å². The molecular weight excluding hydrogens is 305 g/mol. The van der Waals surface area contributed by atoms with Crippen LogP contribution >= 0.6 is 0 Å². The predicted molar refractivity (Wildman–Crippen MR) is 71.8 cm³/mol. The second kappa shape index (κ2) is 5.78. The molecule has 0 radical (unpaired) electrons. The summed E-state index contributed by atoms with van der Waals surface area (Å²) >= 11 is 0. The molecule has 0 fully saturated rings. The van der Waals surface area contributed by atoms with Crippen molar-refractivity contribution in [1.29, 1.82) is 0 Å². The summed E-state index contributed by atoms with van der Waals surface area (Å²) in [5, 5.41) is 0. The minimum absolute atomic E-state index is 0.0589. The highest BCUT2D eigenvalue weighted by Crippen LogP contribution is 2.31. The second-order valence-electron chi connectivity index (χ2n) is 4.69. The van der Waals surface area contributed by atoms with Gasteiger partial charge in [0.05, 0.1) is 4.90 Å². The lowest BCUT2D eigenvalue weighted by Gasteiger charge is -2.26. The van der Waals surface area contributed by atoms with Crippen molar-refractivity contribution in [2.24, 2.45) is 5.73 Å². The molecule has 1 aromatic rings. The van der Waals surface area contributed by atoms with Crippen LogP contribution in [0.5, 0.6) is 0 Å². The summed E-state index contributed by atoms with van der Waals surface area (Å²) in [7, 11) is -3.78. The number of rotatable bonds is 3. The first kappa shape index (κ1) is 16.0. The molecule has 2 rings (SSSR count). The Morgan fingerprint density at radius 2 is 1.81 bits per heavy atom. The average molecular weight is 320 g/mol. The van der Waals surface area contributed by atoms with Crippen LogP contribution in [-0.4, -0.2) is 32.0 Å². The van der Waals surface area contributed by atoms with Crippen LogP contribution in [0.1, 0.15) is 12.0 Å². The fourth-order valence-corrected chi connectivity index (χ4v) is 3.45. The van der Waals surface area contributed by atoms with Gasteiger partial charge >= 0.3 is 6.18 Å². The van der Waals surface area contributed by atoms with E-state index < -0.39 is 21.8 Å². The largest absolute Gasteiger partial charge is 0.412 e. The SMILES string of the molecule is NCc1ccc(S(=O)(=O)N2CC=C(C(F)(F)F)CC2)cc1. The molecule has 0 amide bonds. The summed E-state index contributed by atoms with van der Waals surface area (Å²) < 4.78 is 63.3. The zero-order valence-corrected chi connectivity index (χ0v) is 11.9. The molecule has 1 heterocycles. The molecule has 8 heteroatoms. The maximum atomic E-state index is 12.5. The molecule has 1 aliphatic heterocycles. The monoisotopic (exact) mass is 320 g/mol.